The lowest BCUT2D eigenvalue weighted by Crippen LogP contribution is -2.31. The summed E-state index contributed by atoms with van der Waals surface area (Å²) in [7, 11) is 0. The van der Waals surface area contributed by atoms with Crippen molar-refractivity contribution in [3.63, 3.8) is 0 Å². The molecule has 0 aliphatic carbocycles. The van der Waals surface area contributed by atoms with E-state index in [0.29, 0.717) is 5.92 Å². The number of hydrogen-bond acceptors (Lipinski definition) is 1. The third-order valence-electron chi connectivity index (χ3n) is 4.15. The van der Waals surface area contributed by atoms with Crippen LogP contribution >= 0.6 is 23.2 Å². The number of anilines is 1. The van der Waals surface area contributed by atoms with Crippen LogP contribution in [0.4, 0.5) is 5.69 Å². The quantitative estimate of drug-likeness (QED) is 0.688. The SMILES string of the molecule is CC(C)c1ccccc1N1CCc2cc(Cl)cc(Cl)c2C1. The Morgan fingerprint density at radius 2 is 1.86 bits per heavy atom. The number of nitrogens with zero attached hydrogens (tertiary/aromatic N) is 1. The first kappa shape index (κ1) is 14.7. The standard InChI is InChI=1S/C18H19Cl2N/c1-12(2)15-5-3-4-6-18(15)21-8-7-13-9-14(19)10-17(20)16(13)11-21/h3-6,9-10,12H,7-8,11H2,1-2H3. The van der Waals surface area contributed by atoms with Crippen molar-refractivity contribution in [2.75, 3.05) is 11.4 Å². The van der Waals surface area contributed by atoms with Gasteiger partial charge in [-0.15, -0.1) is 0 Å². The lowest BCUT2D eigenvalue weighted by molar-refractivity contribution is 0.720. The Labute approximate surface area is 136 Å². The molecule has 3 heteroatoms. The van der Waals surface area contributed by atoms with Crippen molar-refractivity contribution in [3.05, 3.63) is 63.1 Å². The fourth-order valence-corrected chi connectivity index (χ4v) is 3.65. The third-order valence-corrected chi connectivity index (χ3v) is 4.71. The van der Waals surface area contributed by atoms with Gasteiger partial charge in [-0.2, -0.15) is 0 Å². The Kier molecular flexibility index (Phi) is 4.14. The molecule has 1 nitrogen and oxygen atoms in total. The number of halogens is 2. The van der Waals surface area contributed by atoms with E-state index in [1.54, 1.807) is 0 Å². The van der Waals surface area contributed by atoms with E-state index in [2.05, 4.69) is 49.1 Å². The maximum atomic E-state index is 6.39. The van der Waals surface area contributed by atoms with E-state index < -0.39 is 0 Å². The van der Waals surface area contributed by atoms with Crippen LogP contribution in [-0.2, 0) is 13.0 Å². The molecule has 0 amide bonds. The predicted molar refractivity (Wildman–Crippen MR) is 91.7 cm³/mol. The number of hydrogen-bond donors (Lipinski definition) is 0. The summed E-state index contributed by atoms with van der Waals surface area (Å²) >= 11 is 12.5. The van der Waals surface area contributed by atoms with E-state index in [1.807, 2.05) is 6.07 Å². The molecule has 1 heterocycles. The van der Waals surface area contributed by atoms with Gasteiger partial charge in [-0.3, -0.25) is 0 Å². The topological polar surface area (TPSA) is 3.24 Å². The van der Waals surface area contributed by atoms with Crippen LogP contribution in [0.5, 0.6) is 0 Å². The fourth-order valence-electron chi connectivity index (χ4n) is 3.05. The van der Waals surface area contributed by atoms with Crippen LogP contribution in [0.3, 0.4) is 0 Å². The molecule has 0 saturated heterocycles. The highest BCUT2D eigenvalue weighted by molar-refractivity contribution is 6.35. The van der Waals surface area contributed by atoms with E-state index in [1.165, 1.54) is 22.4 Å². The molecule has 0 bridgehead atoms. The maximum Gasteiger partial charge on any atom is 0.0473 e. The molecule has 0 spiro atoms. The maximum absolute atomic E-state index is 6.39. The zero-order valence-corrected chi connectivity index (χ0v) is 13.9. The summed E-state index contributed by atoms with van der Waals surface area (Å²) < 4.78 is 0. The molecule has 3 rings (SSSR count). The molecule has 0 unspecified atom stereocenters. The van der Waals surface area contributed by atoms with Crippen LogP contribution in [0.15, 0.2) is 36.4 Å². The Morgan fingerprint density at radius 1 is 1.10 bits per heavy atom. The summed E-state index contributed by atoms with van der Waals surface area (Å²) in [6, 6.07) is 12.6. The first-order valence-corrected chi connectivity index (χ1v) is 8.12. The van der Waals surface area contributed by atoms with Crippen molar-refractivity contribution < 1.29 is 0 Å². The highest BCUT2D eigenvalue weighted by Gasteiger charge is 2.21. The van der Waals surface area contributed by atoms with Crippen molar-refractivity contribution >= 4 is 28.9 Å². The molecule has 2 aromatic rings. The first-order chi connectivity index (χ1) is 10.1. The summed E-state index contributed by atoms with van der Waals surface area (Å²) in [5.74, 6) is 0.517. The van der Waals surface area contributed by atoms with Gasteiger partial charge in [0.05, 0.1) is 0 Å². The molecule has 0 aromatic heterocycles. The van der Waals surface area contributed by atoms with E-state index in [0.717, 1.165) is 29.6 Å². The highest BCUT2D eigenvalue weighted by atomic mass is 35.5. The van der Waals surface area contributed by atoms with Gasteiger partial charge in [0.15, 0.2) is 0 Å². The Bertz CT molecular complexity index is 664. The van der Waals surface area contributed by atoms with Gasteiger partial charge in [-0.05, 0) is 47.2 Å². The van der Waals surface area contributed by atoms with Crippen molar-refractivity contribution in [3.8, 4) is 0 Å². The monoisotopic (exact) mass is 319 g/mol. The minimum atomic E-state index is 0.517. The Balaban J connectivity index is 1.97. The van der Waals surface area contributed by atoms with Gasteiger partial charge in [0.2, 0.25) is 0 Å². The molecule has 0 atom stereocenters. The number of para-hydroxylation sites is 1. The summed E-state index contributed by atoms with van der Waals surface area (Å²) in [6.07, 6.45) is 0.988. The second kappa shape index (κ2) is 5.90. The summed E-state index contributed by atoms with van der Waals surface area (Å²) in [4.78, 5) is 2.43. The van der Waals surface area contributed by atoms with Crippen LogP contribution in [-0.4, -0.2) is 6.54 Å². The Hall–Kier alpha value is -1.18. The summed E-state index contributed by atoms with van der Waals surface area (Å²) in [6.45, 7) is 6.34. The van der Waals surface area contributed by atoms with Gasteiger partial charge in [-0.1, -0.05) is 55.2 Å². The second-order valence-electron chi connectivity index (χ2n) is 5.91. The third kappa shape index (κ3) is 2.90. The average Bonchev–Trinajstić information content (AvgIpc) is 2.47. The molecule has 0 saturated carbocycles. The van der Waals surface area contributed by atoms with Crippen LogP contribution in [0, 0.1) is 0 Å². The summed E-state index contributed by atoms with van der Waals surface area (Å²) in [5, 5.41) is 1.51. The molecule has 1 aliphatic rings. The zero-order chi connectivity index (χ0) is 15.0. The van der Waals surface area contributed by atoms with Gasteiger partial charge in [0, 0.05) is 28.8 Å². The van der Waals surface area contributed by atoms with Gasteiger partial charge in [-0.25, -0.2) is 0 Å². The number of fused-ring (bicyclic) bond motifs is 1. The van der Waals surface area contributed by atoms with Crippen molar-refractivity contribution in [1.82, 2.24) is 0 Å². The van der Waals surface area contributed by atoms with E-state index >= 15 is 0 Å². The molecular weight excluding hydrogens is 301 g/mol. The first-order valence-electron chi connectivity index (χ1n) is 7.37. The molecule has 0 radical (unpaired) electrons. The van der Waals surface area contributed by atoms with E-state index in [4.69, 9.17) is 23.2 Å². The number of rotatable bonds is 2. The van der Waals surface area contributed by atoms with Crippen molar-refractivity contribution in [2.24, 2.45) is 0 Å². The fraction of sp³-hybridized carbons (Fsp3) is 0.333. The van der Waals surface area contributed by atoms with Gasteiger partial charge < -0.3 is 4.90 Å². The minimum absolute atomic E-state index is 0.517. The van der Waals surface area contributed by atoms with Gasteiger partial charge >= 0.3 is 0 Å². The Morgan fingerprint density at radius 3 is 2.62 bits per heavy atom. The van der Waals surface area contributed by atoms with Crippen LogP contribution in [0.1, 0.15) is 36.5 Å². The highest BCUT2D eigenvalue weighted by Crippen LogP contribution is 2.34. The summed E-state index contributed by atoms with van der Waals surface area (Å²) in [5.41, 5.74) is 5.21. The minimum Gasteiger partial charge on any atom is -0.367 e. The van der Waals surface area contributed by atoms with Crippen LogP contribution < -0.4 is 4.90 Å². The molecular formula is C18H19Cl2N. The lowest BCUT2D eigenvalue weighted by atomic mass is 9.96. The van der Waals surface area contributed by atoms with E-state index in [-0.39, 0.29) is 0 Å². The molecule has 1 aliphatic heterocycles. The van der Waals surface area contributed by atoms with Crippen molar-refractivity contribution in [1.29, 1.82) is 0 Å². The van der Waals surface area contributed by atoms with E-state index in [9.17, 15) is 0 Å². The molecule has 21 heavy (non-hydrogen) atoms. The van der Waals surface area contributed by atoms with Crippen LogP contribution in [0.2, 0.25) is 10.0 Å². The van der Waals surface area contributed by atoms with Gasteiger partial charge in [0.1, 0.15) is 0 Å². The molecule has 2 aromatic carbocycles. The van der Waals surface area contributed by atoms with Crippen molar-refractivity contribution in [2.45, 2.75) is 32.7 Å². The smallest absolute Gasteiger partial charge is 0.0473 e. The lowest BCUT2D eigenvalue weighted by Gasteiger charge is -2.33. The zero-order valence-electron chi connectivity index (χ0n) is 12.4. The predicted octanol–water partition coefficient (Wildman–Crippen LogP) is 5.68. The largest absolute Gasteiger partial charge is 0.367 e. The average molecular weight is 320 g/mol. The number of benzene rings is 2. The molecule has 0 N–H and O–H groups in total. The van der Waals surface area contributed by atoms with Crippen LogP contribution in [0.25, 0.3) is 0 Å². The molecule has 0 fully saturated rings. The molecule has 110 valence electrons. The van der Waals surface area contributed by atoms with Gasteiger partial charge in [0.25, 0.3) is 0 Å². The normalized spacial score (nSPS) is 14.4. The second-order valence-corrected chi connectivity index (χ2v) is 6.75.